The zero-order chi connectivity index (χ0) is 13.0. The number of hydrogen-bond donors (Lipinski definition) is 1. The molecule has 2 rings (SSSR count). The van der Waals surface area contributed by atoms with Gasteiger partial charge >= 0.3 is 0 Å². The summed E-state index contributed by atoms with van der Waals surface area (Å²) < 4.78 is 5.21. The zero-order valence-electron chi connectivity index (χ0n) is 10.5. The predicted octanol–water partition coefficient (Wildman–Crippen LogP) is 2.09. The average Bonchev–Trinajstić information content (AvgIpc) is 2.82. The SMILES string of the molecule is C#CCNCc1nc(C2CSC(C)C(C)S2)no1. The molecule has 4 nitrogen and oxygen atoms in total. The van der Waals surface area contributed by atoms with Crippen LogP contribution in [0.3, 0.4) is 0 Å². The number of nitrogens with zero attached hydrogens (tertiary/aromatic N) is 2. The van der Waals surface area contributed by atoms with E-state index in [0.29, 0.717) is 34.7 Å². The van der Waals surface area contributed by atoms with Crippen LogP contribution in [0.15, 0.2) is 4.52 Å². The normalized spacial score (nSPS) is 27.9. The summed E-state index contributed by atoms with van der Waals surface area (Å²) >= 11 is 3.91. The molecular formula is C12H17N3OS2. The van der Waals surface area contributed by atoms with Crippen molar-refractivity contribution in [2.75, 3.05) is 12.3 Å². The number of aromatic nitrogens is 2. The number of terminal acetylenes is 1. The molecule has 1 saturated heterocycles. The highest BCUT2D eigenvalue weighted by atomic mass is 32.2. The molecule has 0 radical (unpaired) electrons. The van der Waals surface area contributed by atoms with Gasteiger partial charge in [0.2, 0.25) is 5.89 Å². The highest BCUT2D eigenvalue weighted by Crippen LogP contribution is 2.43. The Kier molecular flexibility index (Phi) is 4.98. The molecule has 6 heteroatoms. The third kappa shape index (κ3) is 3.44. The first-order valence-electron chi connectivity index (χ1n) is 5.94. The van der Waals surface area contributed by atoms with Crippen LogP contribution >= 0.6 is 23.5 Å². The molecule has 3 atom stereocenters. The first-order valence-corrected chi connectivity index (χ1v) is 7.93. The van der Waals surface area contributed by atoms with Crippen LogP contribution in [0.1, 0.15) is 30.8 Å². The molecule has 1 fully saturated rings. The van der Waals surface area contributed by atoms with E-state index >= 15 is 0 Å². The maximum Gasteiger partial charge on any atom is 0.240 e. The fraction of sp³-hybridized carbons (Fsp3) is 0.667. The topological polar surface area (TPSA) is 51.0 Å². The van der Waals surface area contributed by atoms with Crippen molar-refractivity contribution in [2.45, 2.75) is 36.1 Å². The van der Waals surface area contributed by atoms with Gasteiger partial charge in [-0.25, -0.2) is 0 Å². The van der Waals surface area contributed by atoms with Gasteiger partial charge in [-0.2, -0.15) is 16.7 Å². The molecule has 0 aromatic carbocycles. The fourth-order valence-electron chi connectivity index (χ4n) is 1.63. The van der Waals surface area contributed by atoms with Gasteiger partial charge in [0.25, 0.3) is 0 Å². The Labute approximate surface area is 116 Å². The smallest absolute Gasteiger partial charge is 0.240 e. The Morgan fingerprint density at radius 1 is 1.50 bits per heavy atom. The Bertz CT molecular complexity index is 429. The molecule has 1 aromatic rings. The number of thioether (sulfide) groups is 2. The highest BCUT2D eigenvalue weighted by molar-refractivity contribution is 8.07. The first-order chi connectivity index (χ1) is 8.70. The van der Waals surface area contributed by atoms with Crippen LogP contribution in [-0.2, 0) is 6.54 Å². The molecule has 3 unspecified atom stereocenters. The number of hydrogen-bond acceptors (Lipinski definition) is 6. The molecule has 0 aliphatic carbocycles. The van der Waals surface area contributed by atoms with Crippen LogP contribution in [0, 0.1) is 12.3 Å². The maximum atomic E-state index is 5.21. The summed E-state index contributed by atoms with van der Waals surface area (Å²) in [6, 6.07) is 0. The Balaban J connectivity index is 1.91. The number of nitrogens with one attached hydrogen (secondary N) is 1. The van der Waals surface area contributed by atoms with E-state index in [-0.39, 0.29) is 0 Å². The molecule has 0 amide bonds. The molecule has 18 heavy (non-hydrogen) atoms. The fourth-order valence-corrected chi connectivity index (χ4v) is 4.46. The molecular weight excluding hydrogens is 266 g/mol. The van der Waals surface area contributed by atoms with Gasteiger partial charge in [-0.1, -0.05) is 24.9 Å². The summed E-state index contributed by atoms with van der Waals surface area (Å²) in [5.74, 6) is 4.98. The van der Waals surface area contributed by atoms with E-state index in [1.54, 1.807) is 0 Å². The lowest BCUT2D eigenvalue weighted by molar-refractivity contribution is 0.365. The van der Waals surface area contributed by atoms with E-state index in [9.17, 15) is 0 Å². The highest BCUT2D eigenvalue weighted by Gasteiger charge is 2.29. The van der Waals surface area contributed by atoms with Crippen LogP contribution in [-0.4, -0.2) is 32.9 Å². The van der Waals surface area contributed by atoms with E-state index in [2.05, 4.69) is 35.2 Å². The summed E-state index contributed by atoms with van der Waals surface area (Å²) in [6.45, 7) is 5.57. The van der Waals surface area contributed by atoms with Crippen LogP contribution in [0.25, 0.3) is 0 Å². The summed E-state index contributed by atoms with van der Waals surface area (Å²) in [7, 11) is 0. The average molecular weight is 283 g/mol. The zero-order valence-corrected chi connectivity index (χ0v) is 12.2. The van der Waals surface area contributed by atoms with Gasteiger partial charge in [-0.3, -0.25) is 5.32 Å². The first kappa shape index (κ1) is 13.8. The van der Waals surface area contributed by atoms with E-state index < -0.39 is 0 Å². The van der Waals surface area contributed by atoms with Crippen LogP contribution < -0.4 is 5.32 Å². The molecule has 1 aromatic heterocycles. The Morgan fingerprint density at radius 2 is 2.33 bits per heavy atom. The number of rotatable bonds is 4. The lowest BCUT2D eigenvalue weighted by Gasteiger charge is -2.29. The van der Waals surface area contributed by atoms with Crippen molar-refractivity contribution in [1.29, 1.82) is 0 Å². The van der Waals surface area contributed by atoms with Crippen molar-refractivity contribution in [2.24, 2.45) is 0 Å². The minimum absolute atomic E-state index is 0.339. The molecule has 98 valence electrons. The van der Waals surface area contributed by atoms with Crippen molar-refractivity contribution < 1.29 is 4.52 Å². The summed E-state index contributed by atoms with van der Waals surface area (Å²) in [4.78, 5) is 4.42. The van der Waals surface area contributed by atoms with Crippen LogP contribution in [0.5, 0.6) is 0 Å². The second-order valence-electron chi connectivity index (χ2n) is 4.22. The van der Waals surface area contributed by atoms with E-state index in [1.165, 1.54) is 0 Å². The molecule has 2 heterocycles. The molecule has 1 N–H and O–H groups in total. The molecule has 0 saturated carbocycles. The van der Waals surface area contributed by atoms with Crippen LogP contribution in [0.2, 0.25) is 0 Å². The van der Waals surface area contributed by atoms with Gasteiger partial charge in [-0.15, -0.1) is 18.2 Å². The molecule has 1 aliphatic rings. The van der Waals surface area contributed by atoms with E-state index in [4.69, 9.17) is 10.9 Å². The van der Waals surface area contributed by atoms with Crippen molar-refractivity contribution in [3.63, 3.8) is 0 Å². The quantitative estimate of drug-likeness (QED) is 0.674. The van der Waals surface area contributed by atoms with Crippen molar-refractivity contribution >= 4 is 23.5 Å². The van der Waals surface area contributed by atoms with Gasteiger partial charge in [0.1, 0.15) is 0 Å². The molecule has 0 bridgehead atoms. The predicted molar refractivity (Wildman–Crippen MR) is 76.6 cm³/mol. The summed E-state index contributed by atoms with van der Waals surface area (Å²) in [5, 5.41) is 8.75. The van der Waals surface area contributed by atoms with Crippen molar-refractivity contribution in [3.8, 4) is 12.3 Å². The van der Waals surface area contributed by atoms with E-state index in [1.807, 2.05) is 23.5 Å². The lowest BCUT2D eigenvalue weighted by Crippen LogP contribution is -2.22. The monoisotopic (exact) mass is 283 g/mol. The minimum Gasteiger partial charge on any atom is -0.338 e. The second kappa shape index (κ2) is 6.50. The third-order valence-corrected chi connectivity index (χ3v) is 6.21. The van der Waals surface area contributed by atoms with Gasteiger partial charge in [-0.05, 0) is 0 Å². The third-order valence-electron chi connectivity index (χ3n) is 2.83. The Morgan fingerprint density at radius 3 is 3.06 bits per heavy atom. The largest absolute Gasteiger partial charge is 0.338 e. The van der Waals surface area contributed by atoms with Gasteiger partial charge < -0.3 is 4.52 Å². The summed E-state index contributed by atoms with van der Waals surface area (Å²) in [6.07, 6.45) is 5.16. The van der Waals surface area contributed by atoms with Crippen molar-refractivity contribution in [1.82, 2.24) is 15.5 Å². The van der Waals surface area contributed by atoms with Gasteiger partial charge in [0.05, 0.1) is 18.3 Å². The van der Waals surface area contributed by atoms with Gasteiger partial charge in [0, 0.05) is 16.3 Å². The van der Waals surface area contributed by atoms with Gasteiger partial charge in [0.15, 0.2) is 5.82 Å². The minimum atomic E-state index is 0.339. The summed E-state index contributed by atoms with van der Waals surface area (Å²) in [5.41, 5.74) is 0. The molecule has 1 aliphatic heterocycles. The van der Waals surface area contributed by atoms with E-state index in [0.717, 1.165) is 11.6 Å². The van der Waals surface area contributed by atoms with Crippen LogP contribution in [0.4, 0.5) is 0 Å². The maximum absolute atomic E-state index is 5.21. The Hall–Kier alpha value is -0.640. The standard InChI is InChI=1S/C12H17N3OS2/c1-4-5-13-6-11-14-12(15-16-11)10-7-17-8(2)9(3)18-10/h1,8-10,13H,5-7H2,2-3H3. The van der Waals surface area contributed by atoms with Crippen molar-refractivity contribution in [3.05, 3.63) is 11.7 Å². The molecule has 0 spiro atoms. The second-order valence-corrected chi connectivity index (χ2v) is 7.22. The lowest BCUT2D eigenvalue weighted by atomic mass is 10.3.